The van der Waals surface area contributed by atoms with Crippen LogP contribution in [0.1, 0.15) is 32.4 Å². The highest BCUT2D eigenvalue weighted by Crippen LogP contribution is 2.04. The minimum Gasteiger partial charge on any atom is -0.397 e. The van der Waals surface area contributed by atoms with E-state index in [0.717, 1.165) is 12.8 Å². The summed E-state index contributed by atoms with van der Waals surface area (Å²) >= 11 is 0. The summed E-state index contributed by atoms with van der Waals surface area (Å²) in [6.45, 7) is 5.26. The number of pyridine rings is 1. The third-order valence-corrected chi connectivity index (χ3v) is 2.93. The largest absolute Gasteiger partial charge is 0.397 e. The number of aromatic nitrogens is 1. The van der Waals surface area contributed by atoms with Gasteiger partial charge in [0.25, 0.3) is 0 Å². The molecule has 0 spiro atoms. The highest BCUT2D eigenvalue weighted by Gasteiger charge is 2.17. The van der Waals surface area contributed by atoms with Crippen LogP contribution in [0.5, 0.6) is 0 Å². The minimum absolute atomic E-state index is 0. The van der Waals surface area contributed by atoms with Gasteiger partial charge in [0.05, 0.1) is 24.8 Å². The van der Waals surface area contributed by atoms with Gasteiger partial charge in [-0.1, -0.05) is 13.8 Å². The molecular formula is C15H25ClN4O2. The zero-order valence-corrected chi connectivity index (χ0v) is 14.0. The van der Waals surface area contributed by atoms with E-state index in [4.69, 9.17) is 5.73 Å². The van der Waals surface area contributed by atoms with E-state index in [2.05, 4.69) is 10.3 Å². The van der Waals surface area contributed by atoms with E-state index < -0.39 is 0 Å². The molecule has 1 aromatic heterocycles. The molecule has 0 radical (unpaired) electrons. The number of carbonyl (C=O) groups excluding carboxylic acids is 2. The molecule has 124 valence electrons. The van der Waals surface area contributed by atoms with E-state index in [0.29, 0.717) is 24.5 Å². The SMILES string of the molecule is CCCNC(=O)CN(CCC)C(=O)Cc1ccc(N)cn1.Cl. The first-order valence-electron chi connectivity index (χ1n) is 7.31. The number of carbonyl (C=O) groups is 2. The van der Waals surface area contributed by atoms with Gasteiger partial charge >= 0.3 is 0 Å². The van der Waals surface area contributed by atoms with Crippen LogP contribution in [0.15, 0.2) is 18.3 Å². The topological polar surface area (TPSA) is 88.3 Å². The summed E-state index contributed by atoms with van der Waals surface area (Å²) in [6.07, 6.45) is 3.40. The Morgan fingerprint density at radius 1 is 1.27 bits per heavy atom. The molecule has 0 atom stereocenters. The van der Waals surface area contributed by atoms with Crippen molar-refractivity contribution in [2.75, 3.05) is 25.4 Å². The summed E-state index contributed by atoms with van der Waals surface area (Å²) in [6, 6.07) is 3.45. The summed E-state index contributed by atoms with van der Waals surface area (Å²) in [5.41, 5.74) is 6.79. The highest BCUT2D eigenvalue weighted by atomic mass is 35.5. The third kappa shape index (κ3) is 7.26. The summed E-state index contributed by atoms with van der Waals surface area (Å²) < 4.78 is 0. The summed E-state index contributed by atoms with van der Waals surface area (Å²) in [5.74, 6) is -0.218. The minimum atomic E-state index is -0.121. The molecule has 0 aliphatic heterocycles. The highest BCUT2D eigenvalue weighted by molar-refractivity contribution is 5.86. The van der Waals surface area contributed by atoms with Crippen LogP contribution in [0.4, 0.5) is 5.69 Å². The van der Waals surface area contributed by atoms with Crippen molar-refractivity contribution in [3.63, 3.8) is 0 Å². The third-order valence-electron chi connectivity index (χ3n) is 2.93. The lowest BCUT2D eigenvalue weighted by atomic mass is 10.2. The number of halogens is 1. The van der Waals surface area contributed by atoms with E-state index in [1.54, 1.807) is 17.0 Å². The number of nitrogen functional groups attached to an aromatic ring is 1. The first kappa shape index (κ1) is 20.2. The zero-order chi connectivity index (χ0) is 15.7. The molecule has 0 unspecified atom stereocenters. The number of rotatable bonds is 8. The summed E-state index contributed by atoms with van der Waals surface area (Å²) in [7, 11) is 0. The number of nitrogens with one attached hydrogen (secondary N) is 1. The first-order valence-corrected chi connectivity index (χ1v) is 7.31. The van der Waals surface area contributed by atoms with Crippen LogP contribution in [-0.4, -0.2) is 41.3 Å². The lowest BCUT2D eigenvalue weighted by Crippen LogP contribution is -2.42. The Kier molecular flexibility index (Phi) is 9.95. The van der Waals surface area contributed by atoms with E-state index in [1.807, 2.05) is 13.8 Å². The Bertz CT molecular complexity index is 465. The molecule has 7 heteroatoms. The molecule has 1 rings (SSSR count). The van der Waals surface area contributed by atoms with Gasteiger partial charge in [-0.25, -0.2) is 0 Å². The van der Waals surface area contributed by atoms with Crippen molar-refractivity contribution in [1.82, 2.24) is 15.2 Å². The molecule has 2 amide bonds. The standard InChI is InChI=1S/C15H24N4O2.ClH/c1-3-7-17-14(20)11-19(8-4-2)15(21)9-13-6-5-12(16)10-18-13;/h5-6,10H,3-4,7-9,11,16H2,1-2H3,(H,17,20);1H. The molecule has 1 aromatic rings. The Labute approximate surface area is 137 Å². The van der Waals surface area contributed by atoms with Gasteiger partial charge in [0, 0.05) is 18.8 Å². The van der Waals surface area contributed by atoms with Crippen LogP contribution in [0.2, 0.25) is 0 Å². The molecule has 6 nitrogen and oxygen atoms in total. The molecule has 0 aliphatic carbocycles. The smallest absolute Gasteiger partial charge is 0.239 e. The van der Waals surface area contributed by atoms with E-state index in [9.17, 15) is 9.59 Å². The zero-order valence-electron chi connectivity index (χ0n) is 13.2. The van der Waals surface area contributed by atoms with Crippen molar-refractivity contribution < 1.29 is 9.59 Å². The van der Waals surface area contributed by atoms with E-state index >= 15 is 0 Å². The van der Waals surface area contributed by atoms with Gasteiger partial charge in [0.2, 0.25) is 11.8 Å². The number of nitrogens with two attached hydrogens (primary N) is 1. The van der Waals surface area contributed by atoms with Crippen LogP contribution < -0.4 is 11.1 Å². The second kappa shape index (κ2) is 10.8. The van der Waals surface area contributed by atoms with Gasteiger partial charge in [0.1, 0.15) is 0 Å². The summed E-state index contributed by atoms with van der Waals surface area (Å²) in [4.78, 5) is 29.7. The average Bonchev–Trinajstić information content (AvgIpc) is 2.47. The van der Waals surface area contributed by atoms with Crippen LogP contribution in [0.25, 0.3) is 0 Å². The molecule has 22 heavy (non-hydrogen) atoms. The molecular weight excluding hydrogens is 304 g/mol. The Hall–Kier alpha value is -1.82. The predicted octanol–water partition coefficient (Wildman–Crippen LogP) is 1.39. The molecule has 0 aliphatic rings. The van der Waals surface area contributed by atoms with Crippen LogP contribution in [0.3, 0.4) is 0 Å². The van der Waals surface area contributed by atoms with Gasteiger partial charge < -0.3 is 16.0 Å². The van der Waals surface area contributed by atoms with E-state index in [1.165, 1.54) is 6.20 Å². The van der Waals surface area contributed by atoms with Gasteiger partial charge in [-0.05, 0) is 25.0 Å². The van der Waals surface area contributed by atoms with Gasteiger partial charge in [-0.3, -0.25) is 14.6 Å². The van der Waals surface area contributed by atoms with Gasteiger partial charge in [-0.15, -0.1) is 12.4 Å². The second-order valence-electron chi connectivity index (χ2n) is 4.92. The van der Waals surface area contributed by atoms with Crippen molar-refractivity contribution >= 4 is 29.9 Å². The number of amides is 2. The number of anilines is 1. The number of hydrogen-bond donors (Lipinski definition) is 2. The molecule has 0 fully saturated rings. The molecule has 1 heterocycles. The monoisotopic (exact) mass is 328 g/mol. The van der Waals surface area contributed by atoms with Crippen LogP contribution >= 0.6 is 12.4 Å². The maximum absolute atomic E-state index is 12.3. The lowest BCUT2D eigenvalue weighted by molar-refractivity contribution is -0.135. The first-order chi connectivity index (χ1) is 10.1. The van der Waals surface area contributed by atoms with Crippen molar-refractivity contribution in [2.24, 2.45) is 0 Å². The van der Waals surface area contributed by atoms with Crippen molar-refractivity contribution in [2.45, 2.75) is 33.1 Å². The second-order valence-corrected chi connectivity index (χ2v) is 4.92. The number of nitrogens with zero attached hydrogens (tertiary/aromatic N) is 2. The van der Waals surface area contributed by atoms with Crippen molar-refractivity contribution in [3.8, 4) is 0 Å². The van der Waals surface area contributed by atoms with Crippen LogP contribution in [0, 0.1) is 0 Å². The number of hydrogen-bond acceptors (Lipinski definition) is 4. The molecule has 0 bridgehead atoms. The Morgan fingerprint density at radius 3 is 2.55 bits per heavy atom. The van der Waals surface area contributed by atoms with Gasteiger partial charge in [-0.2, -0.15) is 0 Å². The quantitative estimate of drug-likeness (QED) is 0.755. The predicted molar refractivity (Wildman–Crippen MR) is 89.8 cm³/mol. The fourth-order valence-electron chi connectivity index (χ4n) is 1.86. The fourth-order valence-corrected chi connectivity index (χ4v) is 1.86. The van der Waals surface area contributed by atoms with Crippen molar-refractivity contribution in [3.05, 3.63) is 24.0 Å². The molecule has 3 N–H and O–H groups in total. The Morgan fingerprint density at radius 2 is 2.00 bits per heavy atom. The van der Waals surface area contributed by atoms with Crippen molar-refractivity contribution in [1.29, 1.82) is 0 Å². The molecule has 0 saturated carbocycles. The average molecular weight is 329 g/mol. The molecule has 0 saturated heterocycles. The van der Waals surface area contributed by atoms with E-state index in [-0.39, 0.29) is 37.2 Å². The summed E-state index contributed by atoms with van der Waals surface area (Å²) in [5, 5.41) is 2.78. The van der Waals surface area contributed by atoms with Gasteiger partial charge in [0.15, 0.2) is 0 Å². The maximum Gasteiger partial charge on any atom is 0.239 e. The van der Waals surface area contributed by atoms with Crippen LogP contribution in [-0.2, 0) is 16.0 Å². The molecule has 0 aromatic carbocycles. The normalized spacial score (nSPS) is 9.73. The fraction of sp³-hybridized carbons (Fsp3) is 0.533. The Balaban J connectivity index is 0.00000441. The lowest BCUT2D eigenvalue weighted by Gasteiger charge is -2.21. The maximum atomic E-state index is 12.3.